The number of hydrogen-bond acceptors (Lipinski definition) is 6. The molecule has 0 radical (unpaired) electrons. The number of unbranched alkanes of at least 4 members (excludes halogenated alkanes) is 1. The van der Waals surface area contributed by atoms with E-state index in [-0.39, 0.29) is 22.9 Å². The van der Waals surface area contributed by atoms with Gasteiger partial charge in [0.05, 0.1) is 12.7 Å². The van der Waals surface area contributed by atoms with Crippen LogP contribution in [-0.4, -0.2) is 40.8 Å². The monoisotopic (exact) mass is 426 g/mol. The van der Waals surface area contributed by atoms with Gasteiger partial charge in [0.1, 0.15) is 12.4 Å². The first kappa shape index (κ1) is 22.1. The first-order valence-electron chi connectivity index (χ1n) is 10.0. The van der Waals surface area contributed by atoms with Gasteiger partial charge < -0.3 is 14.6 Å². The highest BCUT2D eigenvalue weighted by Gasteiger charge is 2.31. The maximum Gasteiger partial charge on any atom is 0.330 e. The fourth-order valence-electron chi connectivity index (χ4n) is 3.27. The number of esters is 1. The van der Waals surface area contributed by atoms with Crippen molar-refractivity contribution in [3.63, 3.8) is 0 Å². The minimum absolute atomic E-state index is 0.00153. The van der Waals surface area contributed by atoms with Crippen molar-refractivity contribution >= 4 is 28.4 Å². The molecule has 158 valence electrons. The van der Waals surface area contributed by atoms with Crippen molar-refractivity contribution in [2.45, 2.75) is 30.6 Å². The molecule has 6 heteroatoms. The van der Waals surface area contributed by atoms with Crippen molar-refractivity contribution in [3.05, 3.63) is 78.6 Å². The molecular weight excluding hydrogens is 400 g/mol. The second-order valence-electron chi connectivity index (χ2n) is 7.15. The number of aliphatic hydroxyl groups excluding tert-OH is 1. The van der Waals surface area contributed by atoms with Gasteiger partial charge in [0, 0.05) is 22.8 Å². The van der Waals surface area contributed by atoms with E-state index in [1.165, 1.54) is 11.8 Å². The van der Waals surface area contributed by atoms with Gasteiger partial charge in [-0.3, -0.25) is 4.79 Å². The average Bonchev–Trinajstić information content (AvgIpc) is 2.77. The van der Waals surface area contributed by atoms with E-state index in [1.54, 1.807) is 0 Å². The molecule has 0 fully saturated rings. The number of aliphatic hydroxyl groups is 1. The molecule has 0 bridgehead atoms. The lowest BCUT2D eigenvalue weighted by atomic mass is 9.94. The number of fused-ring (bicyclic) bond motifs is 1. The number of allylic oxidation sites excluding steroid dienone is 3. The molecule has 0 saturated carbocycles. The van der Waals surface area contributed by atoms with Crippen molar-refractivity contribution in [2.75, 3.05) is 13.2 Å². The number of ether oxygens (including phenoxy) is 2. The van der Waals surface area contributed by atoms with Gasteiger partial charge >= 0.3 is 5.97 Å². The molecule has 3 atom stereocenters. The lowest BCUT2D eigenvalue weighted by molar-refractivity contribution is -0.137. The second kappa shape index (κ2) is 11.0. The van der Waals surface area contributed by atoms with Gasteiger partial charge in [-0.05, 0) is 37.0 Å². The molecule has 1 aromatic carbocycles. The molecule has 1 aliphatic heterocycles. The van der Waals surface area contributed by atoms with Crippen molar-refractivity contribution in [3.8, 4) is 0 Å². The Kier molecular flexibility index (Phi) is 8.11. The average molecular weight is 427 g/mol. The largest absolute Gasteiger partial charge is 0.491 e. The van der Waals surface area contributed by atoms with E-state index >= 15 is 0 Å². The molecule has 1 heterocycles. The van der Waals surface area contributed by atoms with E-state index in [0.717, 1.165) is 23.6 Å². The van der Waals surface area contributed by atoms with Gasteiger partial charge in [0.25, 0.3) is 0 Å². The van der Waals surface area contributed by atoms with E-state index in [4.69, 9.17) is 9.47 Å². The third kappa shape index (κ3) is 6.21. The van der Waals surface area contributed by atoms with Crippen LogP contribution in [0.15, 0.2) is 73.1 Å². The predicted molar refractivity (Wildman–Crippen MR) is 118 cm³/mol. The van der Waals surface area contributed by atoms with Crippen LogP contribution in [0.5, 0.6) is 0 Å². The minimum Gasteiger partial charge on any atom is -0.491 e. The summed E-state index contributed by atoms with van der Waals surface area (Å²) >= 11 is 1.31. The van der Waals surface area contributed by atoms with Crippen LogP contribution < -0.4 is 0 Å². The topological polar surface area (TPSA) is 72.8 Å². The zero-order valence-corrected chi connectivity index (χ0v) is 17.6. The predicted octanol–water partition coefficient (Wildman–Crippen LogP) is 4.06. The van der Waals surface area contributed by atoms with E-state index in [2.05, 4.69) is 6.58 Å². The lowest BCUT2D eigenvalue weighted by Gasteiger charge is -2.28. The summed E-state index contributed by atoms with van der Waals surface area (Å²) in [5.74, 6) is 0.378. The molecule has 30 heavy (non-hydrogen) atoms. The van der Waals surface area contributed by atoms with Crippen LogP contribution in [0.1, 0.15) is 24.8 Å². The zero-order chi connectivity index (χ0) is 21.3. The van der Waals surface area contributed by atoms with E-state index in [1.807, 2.05) is 54.6 Å². The first-order chi connectivity index (χ1) is 14.6. The Morgan fingerprint density at radius 1 is 1.23 bits per heavy atom. The van der Waals surface area contributed by atoms with Crippen LogP contribution in [0, 0.1) is 5.92 Å². The maximum absolute atomic E-state index is 12.6. The van der Waals surface area contributed by atoms with Gasteiger partial charge in [-0.1, -0.05) is 60.8 Å². The molecule has 3 unspecified atom stereocenters. The van der Waals surface area contributed by atoms with Crippen molar-refractivity contribution in [1.29, 1.82) is 0 Å². The normalized spacial score (nSPS) is 21.2. The molecule has 1 aromatic rings. The second-order valence-corrected chi connectivity index (χ2v) is 8.30. The van der Waals surface area contributed by atoms with Gasteiger partial charge in [-0.25, -0.2) is 4.79 Å². The Morgan fingerprint density at radius 3 is 2.80 bits per heavy atom. The summed E-state index contributed by atoms with van der Waals surface area (Å²) < 4.78 is 10.6. The van der Waals surface area contributed by atoms with E-state index in [9.17, 15) is 14.7 Å². The van der Waals surface area contributed by atoms with Gasteiger partial charge in [-0.15, -0.1) is 0 Å². The molecule has 2 aliphatic rings. The van der Waals surface area contributed by atoms with Gasteiger partial charge in [0.15, 0.2) is 0 Å². The molecule has 0 amide bonds. The van der Waals surface area contributed by atoms with Crippen LogP contribution >= 0.6 is 11.8 Å². The third-order valence-electron chi connectivity index (χ3n) is 4.88. The van der Waals surface area contributed by atoms with Crippen LogP contribution in [-0.2, 0) is 19.1 Å². The first-order valence-corrected chi connectivity index (χ1v) is 10.9. The molecule has 0 spiro atoms. The fourth-order valence-corrected chi connectivity index (χ4v) is 4.36. The summed E-state index contributed by atoms with van der Waals surface area (Å²) in [4.78, 5) is 23.5. The number of rotatable bonds is 10. The lowest BCUT2D eigenvalue weighted by Crippen LogP contribution is -2.23. The molecule has 1 aliphatic carbocycles. The Hall–Kier alpha value is -2.57. The molecule has 0 aromatic heterocycles. The zero-order valence-electron chi connectivity index (χ0n) is 16.7. The number of benzene rings is 1. The van der Waals surface area contributed by atoms with Crippen molar-refractivity contribution in [1.82, 2.24) is 0 Å². The van der Waals surface area contributed by atoms with E-state index < -0.39 is 12.1 Å². The molecule has 0 saturated heterocycles. The standard InChI is InChI=1S/C24H26O5S/c1-2-23(26)28-13-7-6-10-19(25)16-29-20-12-11-18-14-21(17-8-4-3-5-9-17)24(27)30-22(18)15-20/h2-5,8-9,11-12,14-15,18-19,22,25H,1,6-7,10,13,16H2. The summed E-state index contributed by atoms with van der Waals surface area (Å²) in [6.45, 7) is 3.84. The SMILES string of the molecule is C=CC(=O)OCCCCC(O)COC1=CC2SC(=O)C(c3ccccc3)=CC2C=C1. The quantitative estimate of drug-likeness (QED) is 0.346. The van der Waals surface area contributed by atoms with E-state index in [0.29, 0.717) is 25.2 Å². The summed E-state index contributed by atoms with van der Waals surface area (Å²) in [5, 5.41) is 10.2. The molecule has 3 rings (SSSR count). The van der Waals surface area contributed by atoms with Crippen LogP contribution in [0.3, 0.4) is 0 Å². The maximum atomic E-state index is 12.6. The molecule has 1 N–H and O–H groups in total. The Morgan fingerprint density at radius 2 is 2.03 bits per heavy atom. The Labute approximate surface area is 181 Å². The number of carbonyl (C=O) groups is 2. The number of thioether (sulfide) groups is 1. The third-order valence-corrected chi connectivity index (χ3v) is 6.04. The van der Waals surface area contributed by atoms with Crippen LogP contribution in [0.4, 0.5) is 0 Å². The highest BCUT2D eigenvalue weighted by molar-refractivity contribution is 8.15. The Balaban J connectivity index is 1.45. The van der Waals surface area contributed by atoms with Crippen LogP contribution in [0.2, 0.25) is 0 Å². The summed E-state index contributed by atoms with van der Waals surface area (Å²) in [5.41, 5.74) is 1.69. The molecule has 5 nitrogen and oxygen atoms in total. The highest BCUT2D eigenvalue weighted by atomic mass is 32.2. The van der Waals surface area contributed by atoms with Crippen LogP contribution in [0.25, 0.3) is 5.57 Å². The van der Waals surface area contributed by atoms with Gasteiger partial charge in [-0.2, -0.15) is 0 Å². The summed E-state index contributed by atoms with van der Waals surface area (Å²) in [7, 11) is 0. The highest BCUT2D eigenvalue weighted by Crippen LogP contribution is 2.39. The summed E-state index contributed by atoms with van der Waals surface area (Å²) in [6, 6.07) is 9.70. The smallest absolute Gasteiger partial charge is 0.330 e. The number of hydrogen-bond donors (Lipinski definition) is 1. The molecular formula is C24H26O5S. The summed E-state index contributed by atoms with van der Waals surface area (Å²) in [6.07, 6.45) is 10.4. The van der Waals surface area contributed by atoms with Crippen molar-refractivity contribution < 1.29 is 24.2 Å². The Bertz CT molecular complexity index is 856. The number of carbonyl (C=O) groups excluding carboxylic acids is 2. The minimum atomic E-state index is -0.600. The van der Waals surface area contributed by atoms with Gasteiger partial charge in [0.2, 0.25) is 5.12 Å². The fraction of sp³-hybridized carbons (Fsp3) is 0.333. The van der Waals surface area contributed by atoms with Crippen molar-refractivity contribution in [2.24, 2.45) is 5.92 Å².